The molecule has 0 radical (unpaired) electrons. The number of hydrogen-bond acceptors (Lipinski definition) is 6. The summed E-state index contributed by atoms with van der Waals surface area (Å²) in [6, 6.07) is 15.6. The number of amides is 2. The summed E-state index contributed by atoms with van der Waals surface area (Å²) in [5, 5.41) is 2.96. The lowest BCUT2D eigenvalue weighted by Crippen LogP contribution is -2.54. The van der Waals surface area contributed by atoms with Gasteiger partial charge >= 0.3 is 12.1 Å². The number of carbonyl (C=O) groups excluding carboxylic acids is 4. The summed E-state index contributed by atoms with van der Waals surface area (Å²) in [4.78, 5) is 51.6. The highest BCUT2D eigenvalue weighted by Gasteiger charge is 2.48. The van der Waals surface area contributed by atoms with Gasteiger partial charge in [-0.3, -0.25) is 14.5 Å². The molecule has 2 aromatic rings. The van der Waals surface area contributed by atoms with Gasteiger partial charge in [0.1, 0.15) is 11.6 Å². The first-order valence-electron chi connectivity index (χ1n) is 11.9. The van der Waals surface area contributed by atoms with Gasteiger partial charge in [-0.15, -0.1) is 0 Å². The van der Waals surface area contributed by atoms with Crippen LogP contribution in [0.4, 0.5) is 4.79 Å². The molecule has 9 heteroatoms. The molecule has 0 spiro atoms. The van der Waals surface area contributed by atoms with Crippen LogP contribution >= 0.6 is 11.6 Å². The van der Waals surface area contributed by atoms with E-state index >= 15 is 0 Å². The topological polar surface area (TPSA) is 102 Å². The van der Waals surface area contributed by atoms with Crippen molar-refractivity contribution in [2.75, 3.05) is 13.8 Å². The second-order valence-electron chi connectivity index (χ2n) is 8.80. The van der Waals surface area contributed by atoms with E-state index in [1.165, 1.54) is 18.9 Å². The lowest BCUT2D eigenvalue weighted by Gasteiger charge is -2.43. The van der Waals surface area contributed by atoms with Crippen molar-refractivity contribution in [3.05, 3.63) is 70.7 Å². The maximum absolute atomic E-state index is 13.1. The van der Waals surface area contributed by atoms with Crippen LogP contribution in [0.25, 0.3) is 0 Å². The Hall–Kier alpha value is -3.39. The number of Topliss-reactive ketones (excluding diaryl/α,β-unsaturated/α-hetero) is 1. The predicted octanol–water partition coefficient (Wildman–Crippen LogP) is 4.39. The van der Waals surface area contributed by atoms with Gasteiger partial charge in [0.05, 0.1) is 0 Å². The van der Waals surface area contributed by atoms with Gasteiger partial charge in [-0.1, -0.05) is 60.1 Å². The van der Waals surface area contributed by atoms with Crippen molar-refractivity contribution in [1.29, 1.82) is 0 Å². The Bertz CT molecular complexity index is 1090. The molecule has 1 aliphatic carbocycles. The van der Waals surface area contributed by atoms with Gasteiger partial charge in [-0.05, 0) is 43.7 Å². The van der Waals surface area contributed by atoms with Crippen LogP contribution in [0.1, 0.15) is 50.2 Å². The SMILES string of the molecule is CC(=O)N[C@@H](CCc1ccccc1)C(=O)OCOC(=O)N(C)[C@]1(c2ccccc2Cl)CCCCC1=O. The van der Waals surface area contributed by atoms with E-state index in [9.17, 15) is 19.2 Å². The quantitative estimate of drug-likeness (QED) is 0.393. The molecule has 0 saturated heterocycles. The number of nitrogens with zero attached hydrogens (tertiary/aromatic N) is 1. The largest absolute Gasteiger partial charge is 0.426 e. The van der Waals surface area contributed by atoms with Gasteiger partial charge in [0.25, 0.3) is 0 Å². The average Bonchev–Trinajstić information content (AvgIpc) is 2.87. The summed E-state index contributed by atoms with van der Waals surface area (Å²) in [7, 11) is 1.48. The first kappa shape index (κ1) is 27.2. The zero-order chi connectivity index (χ0) is 26.1. The van der Waals surface area contributed by atoms with Gasteiger partial charge in [-0.2, -0.15) is 0 Å². The molecule has 0 bridgehead atoms. The molecule has 2 amide bonds. The number of benzene rings is 2. The van der Waals surface area contributed by atoms with Crippen molar-refractivity contribution in [3.63, 3.8) is 0 Å². The third-order valence-electron chi connectivity index (χ3n) is 6.43. The average molecular weight is 515 g/mol. The standard InChI is InChI=1S/C27H31ClN2O6/c1-19(31)29-23(16-15-20-10-4-3-5-11-20)25(33)35-18-36-26(34)30(2)27(17-9-8-14-24(27)32)21-12-6-7-13-22(21)28/h3-7,10-13,23H,8-9,14-18H2,1-2H3,(H,29,31)/t23-,27-/m0/s1. The number of nitrogens with one attached hydrogen (secondary N) is 1. The molecule has 8 nitrogen and oxygen atoms in total. The number of halogens is 1. The van der Waals surface area contributed by atoms with Crippen LogP contribution in [0.15, 0.2) is 54.6 Å². The van der Waals surface area contributed by atoms with Gasteiger partial charge in [-0.25, -0.2) is 9.59 Å². The number of likely N-dealkylation sites (N-methyl/N-ethyl adjacent to an activating group) is 1. The number of rotatable bonds is 9. The normalized spacial score (nSPS) is 18.1. The molecular formula is C27H31ClN2O6. The third-order valence-corrected chi connectivity index (χ3v) is 6.76. The minimum absolute atomic E-state index is 0.120. The van der Waals surface area contributed by atoms with Crippen LogP contribution in [0.2, 0.25) is 5.02 Å². The van der Waals surface area contributed by atoms with E-state index in [1.54, 1.807) is 24.3 Å². The number of carbonyl (C=O) groups is 4. The minimum Gasteiger partial charge on any atom is -0.426 e. The van der Waals surface area contributed by atoms with Crippen molar-refractivity contribution < 1.29 is 28.7 Å². The monoisotopic (exact) mass is 514 g/mol. The van der Waals surface area contributed by atoms with Crippen molar-refractivity contribution in [2.24, 2.45) is 0 Å². The fourth-order valence-corrected chi connectivity index (χ4v) is 4.86. The van der Waals surface area contributed by atoms with Gasteiger partial charge < -0.3 is 14.8 Å². The number of aryl methyl sites for hydroxylation is 1. The molecule has 2 atom stereocenters. The van der Waals surface area contributed by atoms with E-state index in [0.717, 1.165) is 18.4 Å². The molecule has 2 aromatic carbocycles. The molecule has 192 valence electrons. The summed E-state index contributed by atoms with van der Waals surface area (Å²) in [5.74, 6) is -1.21. The minimum atomic E-state index is -1.26. The predicted molar refractivity (Wildman–Crippen MR) is 134 cm³/mol. The summed E-state index contributed by atoms with van der Waals surface area (Å²) in [6.45, 7) is 0.656. The Morgan fingerprint density at radius 2 is 1.75 bits per heavy atom. The summed E-state index contributed by atoms with van der Waals surface area (Å²) in [5.41, 5.74) is 0.293. The lowest BCUT2D eigenvalue weighted by atomic mass is 9.74. The van der Waals surface area contributed by atoms with E-state index in [0.29, 0.717) is 36.3 Å². The number of hydrogen-bond donors (Lipinski definition) is 1. The highest BCUT2D eigenvalue weighted by molar-refractivity contribution is 6.31. The summed E-state index contributed by atoms with van der Waals surface area (Å²) in [6.07, 6.45) is 2.25. The summed E-state index contributed by atoms with van der Waals surface area (Å²) < 4.78 is 10.4. The number of ether oxygens (including phenoxy) is 2. The molecule has 1 fully saturated rings. The maximum atomic E-state index is 13.1. The molecule has 0 heterocycles. The van der Waals surface area contributed by atoms with E-state index in [4.69, 9.17) is 21.1 Å². The number of ketones is 1. The maximum Gasteiger partial charge on any atom is 0.413 e. The van der Waals surface area contributed by atoms with Crippen LogP contribution in [-0.2, 0) is 35.8 Å². The first-order valence-corrected chi connectivity index (χ1v) is 12.3. The Kier molecular flexibility index (Phi) is 9.47. The Morgan fingerprint density at radius 3 is 2.42 bits per heavy atom. The fourth-order valence-electron chi connectivity index (χ4n) is 4.57. The van der Waals surface area contributed by atoms with E-state index in [-0.39, 0.29) is 11.7 Å². The van der Waals surface area contributed by atoms with Crippen LogP contribution in [0.5, 0.6) is 0 Å². The molecule has 0 unspecified atom stereocenters. The molecule has 0 aliphatic heterocycles. The van der Waals surface area contributed by atoms with Gasteiger partial charge in [0.2, 0.25) is 12.7 Å². The van der Waals surface area contributed by atoms with Crippen molar-refractivity contribution in [3.8, 4) is 0 Å². The molecule has 0 aromatic heterocycles. The second-order valence-corrected chi connectivity index (χ2v) is 9.21. The van der Waals surface area contributed by atoms with E-state index in [2.05, 4.69) is 5.32 Å². The van der Waals surface area contributed by atoms with Gasteiger partial charge in [0.15, 0.2) is 5.78 Å². The van der Waals surface area contributed by atoms with Gasteiger partial charge in [0, 0.05) is 31.0 Å². The molecule has 1 aliphatic rings. The zero-order valence-corrected chi connectivity index (χ0v) is 21.3. The molecular weight excluding hydrogens is 484 g/mol. The second kappa shape index (κ2) is 12.5. The Balaban J connectivity index is 1.64. The lowest BCUT2D eigenvalue weighted by molar-refractivity contribution is -0.157. The first-order chi connectivity index (χ1) is 17.3. The molecule has 3 rings (SSSR count). The highest BCUT2D eigenvalue weighted by atomic mass is 35.5. The highest BCUT2D eigenvalue weighted by Crippen LogP contribution is 2.42. The smallest absolute Gasteiger partial charge is 0.413 e. The molecule has 1 saturated carbocycles. The Morgan fingerprint density at radius 1 is 1.06 bits per heavy atom. The summed E-state index contributed by atoms with van der Waals surface area (Å²) >= 11 is 6.42. The van der Waals surface area contributed by atoms with Crippen molar-refractivity contribution in [2.45, 2.75) is 57.0 Å². The molecule has 1 N–H and O–H groups in total. The fraction of sp³-hybridized carbons (Fsp3) is 0.407. The van der Waals surface area contributed by atoms with E-state index < -0.39 is 30.4 Å². The van der Waals surface area contributed by atoms with Crippen LogP contribution in [0, 0.1) is 0 Å². The van der Waals surface area contributed by atoms with Crippen LogP contribution < -0.4 is 5.32 Å². The van der Waals surface area contributed by atoms with Crippen LogP contribution in [0.3, 0.4) is 0 Å². The third kappa shape index (κ3) is 6.43. The van der Waals surface area contributed by atoms with Crippen molar-refractivity contribution in [1.82, 2.24) is 10.2 Å². The number of esters is 1. The molecule has 36 heavy (non-hydrogen) atoms. The van der Waals surface area contributed by atoms with Crippen molar-refractivity contribution >= 4 is 35.4 Å². The van der Waals surface area contributed by atoms with E-state index in [1.807, 2.05) is 30.3 Å². The van der Waals surface area contributed by atoms with Crippen LogP contribution in [-0.4, -0.2) is 48.5 Å². The zero-order valence-electron chi connectivity index (χ0n) is 20.5. The Labute approximate surface area is 215 Å².